The lowest BCUT2D eigenvalue weighted by Crippen LogP contribution is -1.65. The molecule has 1 aromatic carbocycles. The summed E-state index contributed by atoms with van der Waals surface area (Å²) in [5, 5.41) is 0.797. The number of carbonyl (C=O) groups excluding carboxylic acids is 1. The second-order valence-electron chi connectivity index (χ2n) is 1.53. The number of rotatable bonds is 0. The van der Waals surface area contributed by atoms with Gasteiger partial charge in [0.1, 0.15) is 0 Å². The molecule has 1 rings (SSSR count). The molecule has 0 fully saturated rings. The van der Waals surface area contributed by atoms with Crippen molar-refractivity contribution in [2.45, 2.75) is 0 Å². The Morgan fingerprint density at radius 3 is 1.91 bits per heavy atom. The van der Waals surface area contributed by atoms with Gasteiger partial charge in [-0.2, -0.15) is 0 Å². The fraction of sp³-hybridized carbons (Fsp3) is 0. The van der Waals surface area contributed by atoms with E-state index in [4.69, 9.17) is 16.4 Å². The second-order valence-corrected chi connectivity index (χ2v) is 3.39. The van der Waals surface area contributed by atoms with E-state index in [0.29, 0.717) is 0 Å². The maximum absolute atomic E-state index is 8.57. The highest BCUT2D eigenvalue weighted by atomic mass is 127. The largest absolute Gasteiger partial charge is 0.285 e. The Bertz CT molecular complexity index is 189. The lowest BCUT2D eigenvalue weighted by Gasteiger charge is -1.86. The van der Waals surface area contributed by atoms with E-state index < -0.39 is 0 Å². The Hall–Kier alpha value is 0.200. The molecule has 1 aromatic rings. The van der Waals surface area contributed by atoms with Crippen LogP contribution in [0.15, 0.2) is 24.3 Å². The van der Waals surface area contributed by atoms with E-state index in [9.17, 15) is 0 Å². The minimum absolute atomic E-state index is 0.222. The zero-order valence-electron chi connectivity index (χ0n) is 5.43. The van der Waals surface area contributed by atoms with Crippen LogP contribution >= 0.6 is 45.8 Å². The van der Waals surface area contributed by atoms with Crippen LogP contribution in [0.1, 0.15) is 0 Å². The van der Waals surface area contributed by atoms with Crippen molar-refractivity contribution in [3.8, 4) is 0 Å². The van der Waals surface area contributed by atoms with Crippen molar-refractivity contribution in [2.75, 3.05) is 0 Å². The molecule has 0 N–H and O–H groups in total. The molecule has 0 saturated heterocycles. The molecular formula is C7H5Cl2IO. The van der Waals surface area contributed by atoms with E-state index in [1.165, 1.54) is 3.57 Å². The summed E-state index contributed by atoms with van der Waals surface area (Å²) < 4.78 is 1.21. The van der Waals surface area contributed by atoms with Gasteiger partial charge in [0.05, 0.1) is 0 Å². The molecule has 4 heteroatoms. The van der Waals surface area contributed by atoms with Crippen molar-refractivity contribution in [1.82, 2.24) is 0 Å². The van der Waals surface area contributed by atoms with Crippen molar-refractivity contribution in [1.29, 1.82) is 0 Å². The molecule has 0 aliphatic heterocycles. The summed E-state index contributed by atoms with van der Waals surface area (Å²) in [7, 11) is 0. The van der Waals surface area contributed by atoms with E-state index in [1.807, 2.05) is 24.3 Å². The third-order valence-corrected chi connectivity index (χ3v) is 1.77. The Morgan fingerprint density at radius 1 is 1.27 bits per heavy atom. The van der Waals surface area contributed by atoms with Crippen LogP contribution in [0.4, 0.5) is 0 Å². The summed E-state index contributed by atoms with van der Waals surface area (Å²) in [5.41, 5.74) is 0. The maximum Gasteiger partial charge on any atom is 0.208 e. The average molecular weight is 303 g/mol. The van der Waals surface area contributed by atoms with Crippen LogP contribution in [-0.4, -0.2) is 5.75 Å². The van der Waals surface area contributed by atoms with Crippen LogP contribution in [0.2, 0.25) is 5.02 Å². The Morgan fingerprint density at radius 2 is 1.64 bits per heavy atom. The maximum atomic E-state index is 8.57. The van der Waals surface area contributed by atoms with Gasteiger partial charge in [0, 0.05) is 8.59 Å². The summed E-state index contributed by atoms with van der Waals surface area (Å²) in [5.74, 6) is 0.222. The molecule has 0 saturated carbocycles. The molecule has 0 aliphatic rings. The Labute approximate surface area is 88.8 Å². The zero-order chi connectivity index (χ0) is 8.69. The topological polar surface area (TPSA) is 17.1 Å². The molecular weight excluding hydrogens is 298 g/mol. The predicted octanol–water partition coefficient (Wildman–Crippen LogP) is 3.36. The van der Waals surface area contributed by atoms with Crippen LogP contribution in [0.25, 0.3) is 0 Å². The van der Waals surface area contributed by atoms with Gasteiger partial charge in [0.25, 0.3) is 0 Å². The molecule has 0 amide bonds. The highest BCUT2D eigenvalue weighted by molar-refractivity contribution is 14.1. The van der Waals surface area contributed by atoms with Gasteiger partial charge in [0.15, 0.2) is 0 Å². The number of halogens is 3. The standard InChI is InChI=1S/C6H4ClI.CHClO/c7-5-1-3-6(8)4-2-5;2-1-3/h1-4H;1H. The third kappa shape index (κ3) is 6.59. The van der Waals surface area contributed by atoms with Crippen molar-refractivity contribution in [3.05, 3.63) is 32.9 Å². The minimum atomic E-state index is 0.222. The lowest BCUT2D eigenvalue weighted by molar-refractivity contribution is 0.569. The first kappa shape index (κ1) is 11.2. The molecule has 1 nitrogen and oxygen atoms in total. The van der Waals surface area contributed by atoms with Crippen LogP contribution in [-0.2, 0) is 4.79 Å². The van der Waals surface area contributed by atoms with E-state index in [1.54, 1.807) is 0 Å². The number of hydrogen-bond acceptors (Lipinski definition) is 1. The molecule has 0 atom stereocenters. The van der Waals surface area contributed by atoms with Gasteiger partial charge in [-0.3, -0.25) is 4.79 Å². The molecule has 0 radical (unpaired) electrons. The lowest BCUT2D eigenvalue weighted by atomic mass is 10.4. The Kier molecular flexibility index (Phi) is 7.01. The van der Waals surface area contributed by atoms with E-state index in [-0.39, 0.29) is 5.75 Å². The SMILES string of the molecule is Clc1ccc(I)cc1.O=CCl. The molecule has 0 unspecified atom stereocenters. The van der Waals surface area contributed by atoms with Crippen LogP contribution in [0.5, 0.6) is 0 Å². The Balaban J connectivity index is 0.000000292. The van der Waals surface area contributed by atoms with Gasteiger partial charge in [-0.1, -0.05) is 11.6 Å². The monoisotopic (exact) mass is 302 g/mol. The quantitative estimate of drug-likeness (QED) is 0.408. The van der Waals surface area contributed by atoms with Gasteiger partial charge in [-0.05, 0) is 58.5 Å². The molecule has 0 bridgehead atoms. The smallest absolute Gasteiger partial charge is 0.208 e. The number of carbonyl (C=O) groups is 1. The second kappa shape index (κ2) is 6.88. The van der Waals surface area contributed by atoms with Crippen LogP contribution < -0.4 is 0 Å². The number of hydrogen-bond donors (Lipinski definition) is 0. The molecule has 60 valence electrons. The van der Waals surface area contributed by atoms with Gasteiger partial charge in [-0.25, -0.2) is 0 Å². The first-order valence-electron chi connectivity index (χ1n) is 2.65. The highest BCUT2D eigenvalue weighted by Gasteiger charge is 1.83. The summed E-state index contributed by atoms with van der Waals surface area (Å²) in [6, 6.07) is 7.71. The summed E-state index contributed by atoms with van der Waals surface area (Å²) in [6.45, 7) is 0. The van der Waals surface area contributed by atoms with Crippen molar-refractivity contribution >= 4 is 51.5 Å². The van der Waals surface area contributed by atoms with Gasteiger partial charge in [-0.15, -0.1) is 0 Å². The molecule has 0 aliphatic carbocycles. The molecule has 0 aromatic heterocycles. The summed E-state index contributed by atoms with van der Waals surface area (Å²) in [4.78, 5) is 8.57. The summed E-state index contributed by atoms with van der Waals surface area (Å²) in [6.07, 6.45) is 0. The molecule has 0 heterocycles. The predicted molar refractivity (Wildman–Crippen MR) is 56.8 cm³/mol. The third-order valence-electron chi connectivity index (χ3n) is 0.804. The zero-order valence-corrected chi connectivity index (χ0v) is 9.10. The van der Waals surface area contributed by atoms with Crippen LogP contribution in [0, 0.1) is 3.57 Å². The average Bonchev–Trinajstić information content (AvgIpc) is 1.97. The molecule has 0 spiro atoms. The van der Waals surface area contributed by atoms with Crippen molar-refractivity contribution in [3.63, 3.8) is 0 Å². The van der Waals surface area contributed by atoms with Gasteiger partial charge in [0.2, 0.25) is 5.75 Å². The van der Waals surface area contributed by atoms with Crippen molar-refractivity contribution in [2.24, 2.45) is 0 Å². The first-order chi connectivity index (χ1) is 5.20. The fourth-order valence-corrected chi connectivity index (χ4v) is 0.915. The first-order valence-corrected chi connectivity index (χ1v) is 4.55. The molecule has 11 heavy (non-hydrogen) atoms. The fourth-order valence-electron chi connectivity index (χ4n) is 0.430. The van der Waals surface area contributed by atoms with Crippen LogP contribution in [0.3, 0.4) is 0 Å². The minimum Gasteiger partial charge on any atom is -0.285 e. The van der Waals surface area contributed by atoms with E-state index in [2.05, 4.69) is 34.2 Å². The highest BCUT2D eigenvalue weighted by Crippen LogP contribution is 2.10. The van der Waals surface area contributed by atoms with E-state index >= 15 is 0 Å². The van der Waals surface area contributed by atoms with E-state index in [0.717, 1.165) is 5.02 Å². The normalized spacial score (nSPS) is 7.91. The number of benzene rings is 1. The summed E-state index contributed by atoms with van der Waals surface area (Å²) >= 11 is 12.2. The van der Waals surface area contributed by atoms with Crippen molar-refractivity contribution < 1.29 is 4.79 Å². The van der Waals surface area contributed by atoms with Gasteiger partial charge < -0.3 is 0 Å². The van der Waals surface area contributed by atoms with Gasteiger partial charge >= 0.3 is 0 Å².